The number of rotatable bonds is 12. The number of ether oxygens (including phenoxy) is 2. The molecule has 0 bridgehead atoms. The van der Waals surface area contributed by atoms with Crippen LogP contribution in [0.5, 0.6) is 11.5 Å². The number of hydrogen-bond donors (Lipinski definition) is 2. The smallest absolute Gasteiger partial charge is 0.401 e. The van der Waals surface area contributed by atoms with Crippen molar-refractivity contribution in [3.8, 4) is 11.5 Å². The fourth-order valence-electron chi connectivity index (χ4n) is 2.74. The van der Waals surface area contributed by atoms with Gasteiger partial charge in [-0.15, -0.1) is 24.0 Å². The number of guanidine groups is 1. The molecule has 0 spiro atoms. The normalized spacial score (nSPS) is 11.8. The first-order chi connectivity index (χ1) is 13.8. The minimum atomic E-state index is -4.16. The van der Waals surface area contributed by atoms with E-state index >= 15 is 0 Å². The van der Waals surface area contributed by atoms with Gasteiger partial charge < -0.3 is 20.1 Å². The molecule has 0 unspecified atom stereocenters. The summed E-state index contributed by atoms with van der Waals surface area (Å²) in [5.41, 5.74) is 1.11. The zero-order valence-corrected chi connectivity index (χ0v) is 20.5. The second-order valence-electron chi connectivity index (χ2n) is 6.53. The summed E-state index contributed by atoms with van der Waals surface area (Å²) in [6.45, 7) is 5.67. The molecular formula is C20H34F3IN4O2. The summed E-state index contributed by atoms with van der Waals surface area (Å²) >= 11 is 0. The third-order valence-electron chi connectivity index (χ3n) is 4.00. The van der Waals surface area contributed by atoms with Gasteiger partial charge in [0.05, 0.1) is 19.8 Å². The van der Waals surface area contributed by atoms with Gasteiger partial charge in [0.15, 0.2) is 17.5 Å². The van der Waals surface area contributed by atoms with Gasteiger partial charge in [-0.25, -0.2) is 0 Å². The molecule has 1 rings (SSSR count). The minimum Gasteiger partial charge on any atom is -0.490 e. The number of halogens is 4. The molecule has 6 nitrogen and oxygen atoms in total. The van der Waals surface area contributed by atoms with Gasteiger partial charge in [-0.1, -0.05) is 6.07 Å². The molecule has 0 saturated heterocycles. The quantitative estimate of drug-likeness (QED) is 0.181. The van der Waals surface area contributed by atoms with E-state index in [2.05, 4.69) is 15.6 Å². The maximum absolute atomic E-state index is 12.3. The molecule has 174 valence electrons. The van der Waals surface area contributed by atoms with Crippen molar-refractivity contribution in [3.63, 3.8) is 0 Å². The lowest BCUT2D eigenvalue weighted by atomic mass is 10.1. The van der Waals surface area contributed by atoms with Crippen LogP contribution in [0.25, 0.3) is 0 Å². The zero-order valence-electron chi connectivity index (χ0n) is 18.1. The highest BCUT2D eigenvalue weighted by Gasteiger charge is 2.28. The van der Waals surface area contributed by atoms with Crippen LogP contribution in [0.4, 0.5) is 13.2 Å². The molecule has 0 aliphatic carbocycles. The predicted molar refractivity (Wildman–Crippen MR) is 125 cm³/mol. The molecule has 0 aliphatic heterocycles. The Balaban J connectivity index is 0.00000841. The molecule has 0 aliphatic rings. The summed E-state index contributed by atoms with van der Waals surface area (Å²) < 4.78 is 48.1. The summed E-state index contributed by atoms with van der Waals surface area (Å²) in [5.74, 6) is 2.09. The van der Waals surface area contributed by atoms with Gasteiger partial charge in [0, 0.05) is 20.1 Å². The summed E-state index contributed by atoms with van der Waals surface area (Å²) in [7, 11) is 3.13. The molecule has 0 fully saturated rings. The van der Waals surface area contributed by atoms with E-state index in [0.717, 1.165) is 23.5 Å². The van der Waals surface area contributed by atoms with Crippen LogP contribution in [0.15, 0.2) is 23.2 Å². The maximum Gasteiger partial charge on any atom is 0.401 e. The Bertz CT molecular complexity index is 631. The first kappa shape index (κ1) is 28.6. The number of nitrogens with one attached hydrogen (secondary N) is 2. The monoisotopic (exact) mass is 546 g/mol. The molecule has 0 aromatic heterocycles. The Kier molecular flexibility index (Phi) is 14.7. The van der Waals surface area contributed by atoms with Gasteiger partial charge in [-0.2, -0.15) is 13.2 Å². The van der Waals surface area contributed by atoms with E-state index in [1.54, 1.807) is 7.05 Å². The highest BCUT2D eigenvalue weighted by Crippen LogP contribution is 2.28. The van der Waals surface area contributed by atoms with Gasteiger partial charge in [-0.3, -0.25) is 9.89 Å². The Labute approximate surface area is 194 Å². The third-order valence-corrected chi connectivity index (χ3v) is 4.00. The van der Waals surface area contributed by atoms with Crippen molar-refractivity contribution in [3.05, 3.63) is 23.8 Å². The van der Waals surface area contributed by atoms with E-state index in [-0.39, 0.29) is 24.0 Å². The van der Waals surface area contributed by atoms with Gasteiger partial charge >= 0.3 is 6.18 Å². The van der Waals surface area contributed by atoms with E-state index < -0.39 is 12.7 Å². The lowest BCUT2D eigenvalue weighted by molar-refractivity contribution is -0.143. The van der Waals surface area contributed by atoms with E-state index in [0.29, 0.717) is 45.2 Å². The minimum absolute atomic E-state index is 0. The lowest BCUT2D eigenvalue weighted by Crippen LogP contribution is -2.40. The number of nitrogens with zero attached hydrogens (tertiary/aromatic N) is 2. The molecule has 0 heterocycles. The first-order valence-electron chi connectivity index (χ1n) is 9.87. The Morgan fingerprint density at radius 2 is 1.70 bits per heavy atom. The van der Waals surface area contributed by atoms with Crippen molar-refractivity contribution in [2.24, 2.45) is 4.99 Å². The van der Waals surface area contributed by atoms with Crippen LogP contribution in [0.1, 0.15) is 25.8 Å². The van der Waals surface area contributed by atoms with Crippen LogP contribution in [0.2, 0.25) is 0 Å². The highest BCUT2D eigenvalue weighted by molar-refractivity contribution is 14.0. The van der Waals surface area contributed by atoms with Crippen molar-refractivity contribution >= 4 is 29.9 Å². The third kappa shape index (κ3) is 12.3. The molecule has 0 saturated carbocycles. The van der Waals surface area contributed by atoms with E-state index in [1.165, 1.54) is 11.9 Å². The standard InChI is InChI=1S/C20H33F3N4O2.HI/c1-5-28-17-9-8-16(14-18(17)29-6-2)10-12-26-19(24-3)25-11-7-13-27(4)15-20(21,22)23;/h8-9,14H,5-7,10-13,15H2,1-4H3,(H2,24,25,26);1H. The predicted octanol–water partition coefficient (Wildman–Crippen LogP) is 3.69. The Morgan fingerprint density at radius 3 is 2.30 bits per heavy atom. The zero-order chi connectivity index (χ0) is 21.7. The van der Waals surface area contributed by atoms with Crippen LogP contribution in [0.3, 0.4) is 0 Å². The highest BCUT2D eigenvalue weighted by atomic mass is 127. The van der Waals surface area contributed by atoms with E-state index in [9.17, 15) is 13.2 Å². The summed E-state index contributed by atoms with van der Waals surface area (Å²) in [5, 5.41) is 6.33. The molecule has 0 atom stereocenters. The molecule has 30 heavy (non-hydrogen) atoms. The molecule has 0 radical (unpaired) electrons. The second kappa shape index (κ2) is 15.4. The summed E-state index contributed by atoms with van der Waals surface area (Å²) in [6.07, 6.45) is -2.81. The van der Waals surface area contributed by atoms with Crippen LogP contribution in [-0.2, 0) is 6.42 Å². The SMILES string of the molecule is CCOc1ccc(CCNC(=NC)NCCCN(C)CC(F)(F)F)cc1OCC.I. The summed E-state index contributed by atoms with van der Waals surface area (Å²) in [6, 6.07) is 5.89. The molecule has 1 aromatic rings. The van der Waals surface area contributed by atoms with Crippen LogP contribution >= 0.6 is 24.0 Å². The fraction of sp³-hybridized carbons (Fsp3) is 0.650. The largest absolute Gasteiger partial charge is 0.490 e. The number of hydrogen-bond acceptors (Lipinski definition) is 4. The molecular weight excluding hydrogens is 512 g/mol. The van der Waals surface area contributed by atoms with E-state index in [4.69, 9.17) is 9.47 Å². The number of alkyl halides is 3. The maximum atomic E-state index is 12.3. The van der Waals surface area contributed by atoms with Crippen molar-refractivity contribution in [1.82, 2.24) is 15.5 Å². The molecule has 2 N–H and O–H groups in total. The van der Waals surface area contributed by atoms with Crippen molar-refractivity contribution in [2.45, 2.75) is 32.9 Å². The molecule has 0 amide bonds. The average Bonchev–Trinajstić information content (AvgIpc) is 2.64. The van der Waals surface area contributed by atoms with Gasteiger partial charge in [-0.05, 0) is 58.0 Å². The summed E-state index contributed by atoms with van der Waals surface area (Å²) in [4.78, 5) is 5.40. The fourth-order valence-corrected chi connectivity index (χ4v) is 2.74. The topological polar surface area (TPSA) is 58.1 Å². The number of benzene rings is 1. The van der Waals surface area contributed by atoms with Crippen molar-refractivity contribution < 1.29 is 22.6 Å². The van der Waals surface area contributed by atoms with Gasteiger partial charge in [0.1, 0.15) is 0 Å². The first-order valence-corrected chi connectivity index (χ1v) is 9.87. The van der Waals surface area contributed by atoms with Crippen LogP contribution in [0, 0.1) is 0 Å². The second-order valence-corrected chi connectivity index (χ2v) is 6.53. The Hall–Kier alpha value is -1.43. The average molecular weight is 546 g/mol. The van der Waals surface area contributed by atoms with Crippen LogP contribution in [-0.4, -0.2) is 70.5 Å². The van der Waals surface area contributed by atoms with Crippen molar-refractivity contribution in [2.75, 3.05) is 53.5 Å². The Morgan fingerprint density at radius 1 is 1.07 bits per heavy atom. The molecule has 10 heteroatoms. The van der Waals surface area contributed by atoms with Gasteiger partial charge in [0.2, 0.25) is 0 Å². The van der Waals surface area contributed by atoms with Crippen LogP contribution < -0.4 is 20.1 Å². The lowest BCUT2D eigenvalue weighted by Gasteiger charge is -2.19. The van der Waals surface area contributed by atoms with E-state index in [1.807, 2.05) is 32.0 Å². The van der Waals surface area contributed by atoms with Crippen molar-refractivity contribution in [1.29, 1.82) is 0 Å². The number of aliphatic imine (C=N–C) groups is 1. The van der Waals surface area contributed by atoms with Gasteiger partial charge in [0.25, 0.3) is 0 Å². The molecule has 1 aromatic carbocycles.